The van der Waals surface area contributed by atoms with E-state index in [1.165, 1.54) is 56.1 Å². The molecular weight excluding hydrogens is 196 g/mol. The molecule has 0 aliphatic heterocycles. The molecule has 88 valence electrons. The van der Waals surface area contributed by atoms with Crippen LogP contribution in [0, 0.1) is 6.92 Å². The van der Waals surface area contributed by atoms with Crippen molar-refractivity contribution in [2.24, 2.45) is 0 Å². The summed E-state index contributed by atoms with van der Waals surface area (Å²) in [6, 6.07) is 5.85. The second kappa shape index (κ2) is 5.38. The van der Waals surface area contributed by atoms with Gasteiger partial charge in [-0.3, -0.25) is 0 Å². The molecule has 0 heterocycles. The van der Waals surface area contributed by atoms with Crippen LogP contribution in [0.4, 0.5) is 0 Å². The summed E-state index contributed by atoms with van der Waals surface area (Å²) < 4.78 is 0. The first-order valence-corrected chi connectivity index (χ1v) is 6.57. The van der Waals surface area contributed by atoms with Crippen molar-refractivity contribution in [3.8, 4) is 5.75 Å². The Hall–Kier alpha value is -0.980. The second-order valence-corrected chi connectivity index (χ2v) is 5.08. The van der Waals surface area contributed by atoms with Crippen LogP contribution in [0.3, 0.4) is 0 Å². The predicted molar refractivity (Wildman–Crippen MR) is 67.9 cm³/mol. The van der Waals surface area contributed by atoms with E-state index in [4.69, 9.17) is 0 Å². The first-order chi connectivity index (χ1) is 7.77. The minimum atomic E-state index is 0.395. The van der Waals surface area contributed by atoms with E-state index in [0.717, 1.165) is 5.92 Å². The number of hydrogen-bond donors (Lipinski definition) is 1. The summed E-state index contributed by atoms with van der Waals surface area (Å²) >= 11 is 0. The number of benzene rings is 1. The highest BCUT2D eigenvalue weighted by Crippen LogP contribution is 2.33. The summed E-state index contributed by atoms with van der Waals surface area (Å²) in [6.45, 7) is 2.12. The topological polar surface area (TPSA) is 20.2 Å². The van der Waals surface area contributed by atoms with Crippen molar-refractivity contribution < 1.29 is 5.11 Å². The van der Waals surface area contributed by atoms with Crippen LogP contribution in [0.15, 0.2) is 18.2 Å². The van der Waals surface area contributed by atoms with Crippen LogP contribution < -0.4 is 0 Å². The van der Waals surface area contributed by atoms with Gasteiger partial charge in [-0.15, -0.1) is 0 Å². The molecule has 0 bridgehead atoms. The van der Waals surface area contributed by atoms with Gasteiger partial charge in [0.2, 0.25) is 0 Å². The minimum Gasteiger partial charge on any atom is -0.508 e. The van der Waals surface area contributed by atoms with Crippen molar-refractivity contribution in [1.82, 2.24) is 0 Å². The van der Waals surface area contributed by atoms with E-state index in [9.17, 15) is 5.11 Å². The van der Waals surface area contributed by atoms with Gasteiger partial charge in [0, 0.05) is 0 Å². The van der Waals surface area contributed by atoms with Gasteiger partial charge in [-0.25, -0.2) is 0 Å². The molecule has 1 aliphatic carbocycles. The van der Waals surface area contributed by atoms with E-state index < -0.39 is 0 Å². The van der Waals surface area contributed by atoms with Crippen LogP contribution in [-0.2, 0) is 0 Å². The molecule has 0 saturated heterocycles. The van der Waals surface area contributed by atoms with Crippen LogP contribution in [0.25, 0.3) is 0 Å². The molecule has 1 heteroatoms. The van der Waals surface area contributed by atoms with Crippen molar-refractivity contribution in [3.63, 3.8) is 0 Å². The Bertz CT molecular complexity index is 335. The van der Waals surface area contributed by atoms with E-state index in [0.29, 0.717) is 5.75 Å². The van der Waals surface area contributed by atoms with Gasteiger partial charge < -0.3 is 5.11 Å². The standard InChI is InChI=1S/C15H22O/c1-12-11-14(16)9-10-15(12)13-7-5-3-2-4-6-8-13/h9-11,13,16H,2-8H2,1H3. The molecular formula is C15H22O. The zero-order valence-corrected chi connectivity index (χ0v) is 10.2. The highest BCUT2D eigenvalue weighted by Gasteiger charge is 2.15. The SMILES string of the molecule is Cc1cc(O)ccc1C1CCCCCCC1. The molecule has 0 aromatic heterocycles. The molecule has 16 heavy (non-hydrogen) atoms. The summed E-state index contributed by atoms with van der Waals surface area (Å²) in [5, 5.41) is 9.44. The van der Waals surface area contributed by atoms with E-state index >= 15 is 0 Å². The summed E-state index contributed by atoms with van der Waals surface area (Å²) in [4.78, 5) is 0. The first-order valence-electron chi connectivity index (χ1n) is 6.57. The van der Waals surface area contributed by atoms with Crippen LogP contribution in [0.1, 0.15) is 62.0 Å². The lowest BCUT2D eigenvalue weighted by Crippen LogP contribution is -2.04. The third-order valence-electron chi connectivity index (χ3n) is 3.80. The van der Waals surface area contributed by atoms with Gasteiger partial charge in [0.25, 0.3) is 0 Å². The maximum atomic E-state index is 9.44. The second-order valence-electron chi connectivity index (χ2n) is 5.08. The number of aryl methyl sites for hydroxylation is 1. The van der Waals surface area contributed by atoms with Gasteiger partial charge in [0.05, 0.1) is 0 Å². The number of rotatable bonds is 1. The highest BCUT2D eigenvalue weighted by atomic mass is 16.3. The molecule has 1 N–H and O–H groups in total. The molecule has 0 amide bonds. The van der Waals surface area contributed by atoms with Gasteiger partial charge >= 0.3 is 0 Å². The molecule has 0 spiro atoms. The Labute approximate surface area is 98.5 Å². The van der Waals surface area contributed by atoms with Crippen LogP contribution >= 0.6 is 0 Å². The molecule has 2 rings (SSSR count). The Morgan fingerprint density at radius 2 is 1.62 bits per heavy atom. The first kappa shape index (κ1) is 11.5. The number of aromatic hydroxyl groups is 1. The van der Waals surface area contributed by atoms with Gasteiger partial charge in [-0.05, 0) is 48.9 Å². The average Bonchev–Trinajstić information content (AvgIpc) is 2.19. The largest absolute Gasteiger partial charge is 0.508 e. The van der Waals surface area contributed by atoms with E-state index in [1.807, 2.05) is 12.1 Å². The van der Waals surface area contributed by atoms with Gasteiger partial charge in [-0.1, -0.05) is 38.2 Å². The van der Waals surface area contributed by atoms with Crippen molar-refractivity contribution in [1.29, 1.82) is 0 Å². The summed E-state index contributed by atoms with van der Waals surface area (Å²) in [5.74, 6) is 1.12. The van der Waals surface area contributed by atoms with Crippen molar-refractivity contribution in [3.05, 3.63) is 29.3 Å². The Balaban J connectivity index is 2.14. The fraction of sp³-hybridized carbons (Fsp3) is 0.600. The quantitative estimate of drug-likeness (QED) is 0.734. The summed E-state index contributed by atoms with van der Waals surface area (Å²) in [6.07, 6.45) is 9.59. The van der Waals surface area contributed by atoms with E-state index in [1.54, 1.807) is 0 Å². The molecule has 1 saturated carbocycles. The number of phenolic OH excluding ortho intramolecular Hbond substituents is 1. The fourth-order valence-electron chi connectivity index (χ4n) is 2.89. The summed E-state index contributed by atoms with van der Waals surface area (Å²) in [7, 11) is 0. The van der Waals surface area contributed by atoms with Crippen LogP contribution in [0.2, 0.25) is 0 Å². The molecule has 1 aliphatic rings. The molecule has 0 atom stereocenters. The van der Waals surface area contributed by atoms with Gasteiger partial charge in [-0.2, -0.15) is 0 Å². The van der Waals surface area contributed by atoms with Gasteiger partial charge in [0.15, 0.2) is 0 Å². The summed E-state index contributed by atoms with van der Waals surface area (Å²) in [5.41, 5.74) is 2.71. The smallest absolute Gasteiger partial charge is 0.115 e. The monoisotopic (exact) mass is 218 g/mol. The van der Waals surface area contributed by atoms with Crippen molar-refractivity contribution in [2.75, 3.05) is 0 Å². The number of phenols is 1. The third kappa shape index (κ3) is 2.78. The Kier molecular flexibility index (Phi) is 3.87. The normalized spacial score (nSPS) is 19.1. The van der Waals surface area contributed by atoms with Crippen molar-refractivity contribution >= 4 is 0 Å². The molecule has 0 radical (unpaired) electrons. The lowest BCUT2D eigenvalue weighted by atomic mass is 9.84. The van der Waals surface area contributed by atoms with E-state index in [2.05, 4.69) is 13.0 Å². The Morgan fingerprint density at radius 3 is 2.25 bits per heavy atom. The average molecular weight is 218 g/mol. The predicted octanol–water partition coefficient (Wildman–Crippen LogP) is 4.53. The van der Waals surface area contributed by atoms with Crippen LogP contribution in [-0.4, -0.2) is 5.11 Å². The molecule has 1 aromatic carbocycles. The fourth-order valence-corrected chi connectivity index (χ4v) is 2.89. The molecule has 0 unspecified atom stereocenters. The third-order valence-corrected chi connectivity index (χ3v) is 3.80. The van der Waals surface area contributed by atoms with E-state index in [-0.39, 0.29) is 0 Å². The molecule has 1 fully saturated rings. The molecule has 1 nitrogen and oxygen atoms in total. The number of hydrogen-bond acceptors (Lipinski definition) is 1. The lowest BCUT2D eigenvalue weighted by molar-refractivity contribution is 0.451. The lowest BCUT2D eigenvalue weighted by Gasteiger charge is -2.21. The molecule has 1 aromatic rings. The minimum absolute atomic E-state index is 0.395. The zero-order valence-electron chi connectivity index (χ0n) is 10.2. The highest BCUT2D eigenvalue weighted by molar-refractivity contribution is 5.36. The van der Waals surface area contributed by atoms with Crippen molar-refractivity contribution in [2.45, 2.75) is 57.8 Å². The maximum Gasteiger partial charge on any atom is 0.115 e. The zero-order chi connectivity index (χ0) is 11.4. The van der Waals surface area contributed by atoms with Crippen LogP contribution in [0.5, 0.6) is 5.75 Å². The van der Waals surface area contributed by atoms with Gasteiger partial charge in [0.1, 0.15) is 5.75 Å². The Morgan fingerprint density at radius 1 is 1.00 bits per heavy atom. The maximum absolute atomic E-state index is 9.44.